The zero-order valence-electron chi connectivity index (χ0n) is 10.9. The lowest BCUT2D eigenvalue weighted by Crippen LogP contribution is -2.54. The summed E-state index contributed by atoms with van der Waals surface area (Å²) < 4.78 is 5.70. The molecule has 0 spiro atoms. The molecule has 1 aliphatic heterocycles. The van der Waals surface area contributed by atoms with Crippen molar-refractivity contribution in [1.82, 2.24) is 4.98 Å². The number of morpholine rings is 1. The van der Waals surface area contributed by atoms with Gasteiger partial charge in [0.2, 0.25) is 0 Å². The monoisotopic (exact) mass is 267 g/mol. The van der Waals surface area contributed by atoms with Gasteiger partial charge in [-0.2, -0.15) is 0 Å². The van der Waals surface area contributed by atoms with Crippen LogP contribution in [-0.2, 0) is 4.74 Å². The van der Waals surface area contributed by atoms with Gasteiger partial charge in [0.15, 0.2) is 0 Å². The number of anilines is 1. The normalized spacial score (nSPS) is 22.3. The summed E-state index contributed by atoms with van der Waals surface area (Å²) in [5.74, 6) is 0.532. The Hall–Kier alpha value is -1.73. The van der Waals surface area contributed by atoms with Crippen molar-refractivity contribution in [3.63, 3.8) is 0 Å². The Morgan fingerprint density at radius 1 is 1.68 bits per heavy atom. The highest BCUT2D eigenvalue weighted by Gasteiger charge is 2.34. The molecule has 0 aromatic carbocycles. The molecule has 7 nitrogen and oxygen atoms in total. The molecule has 0 amide bonds. The van der Waals surface area contributed by atoms with E-state index in [-0.39, 0.29) is 18.4 Å². The zero-order valence-corrected chi connectivity index (χ0v) is 10.9. The maximum Gasteiger partial charge on any atom is 0.274 e. The summed E-state index contributed by atoms with van der Waals surface area (Å²) in [6.07, 6.45) is 1.11. The fraction of sp³-hybridized carbons (Fsp3) is 0.583. The van der Waals surface area contributed by atoms with E-state index in [1.807, 2.05) is 18.7 Å². The summed E-state index contributed by atoms with van der Waals surface area (Å²) in [7, 11) is 0. The largest absolute Gasteiger partial charge is 0.394 e. The van der Waals surface area contributed by atoms with Crippen molar-refractivity contribution >= 4 is 11.5 Å². The third-order valence-corrected chi connectivity index (χ3v) is 2.95. The molecule has 1 N–H and O–H groups in total. The summed E-state index contributed by atoms with van der Waals surface area (Å²) in [5, 5.41) is 20.0. The van der Waals surface area contributed by atoms with Gasteiger partial charge >= 0.3 is 0 Å². The molecule has 0 saturated carbocycles. The van der Waals surface area contributed by atoms with Crippen molar-refractivity contribution in [2.24, 2.45) is 0 Å². The van der Waals surface area contributed by atoms with Gasteiger partial charge in [-0.1, -0.05) is 0 Å². The van der Waals surface area contributed by atoms with E-state index in [2.05, 4.69) is 4.98 Å². The smallest absolute Gasteiger partial charge is 0.274 e. The molecule has 1 atom stereocenters. The van der Waals surface area contributed by atoms with E-state index in [0.717, 1.165) is 0 Å². The van der Waals surface area contributed by atoms with E-state index in [0.29, 0.717) is 18.9 Å². The molecular formula is C12H17N3O4. The molecule has 1 unspecified atom stereocenters. The lowest BCUT2D eigenvalue weighted by Gasteiger charge is -2.42. The lowest BCUT2D eigenvalue weighted by atomic mass is 10.1. The molecule has 2 rings (SSSR count). The zero-order chi connectivity index (χ0) is 14.0. The molecule has 1 aliphatic rings. The van der Waals surface area contributed by atoms with Gasteiger partial charge in [-0.15, -0.1) is 0 Å². The topological polar surface area (TPSA) is 88.7 Å². The summed E-state index contributed by atoms with van der Waals surface area (Å²) >= 11 is 0. The average Bonchev–Trinajstić information content (AvgIpc) is 2.37. The summed E-state index contributed by atoms with van der Waals surface area (Å²) in [5.41, 5.74) is -0.423. The van der Waals surface area contributed by atoms with Crippen LogP contribution in [0.1, 0.15) is 13.8 Å². The minimum absolute atomic E-state index is 0.00912. The first-order valence-electron chi connectivity index (χ1n) is 6.05. The van der Waals surface area contributed by atoms with Gasteiger partial charge in [0.1, 0.15) is 5.82 Å². The molecule has 1 saturated heterocycles. The third kappa shape index (κ3) is 3.18. The predicted molar refractivity (Wildman–Crippen MR) is 69.1 cm³/mol. The first-order chi connectivity index (χ1) is 8.91. The number of hydrogen-bond donors (Lipinski definition) is 1. The van der Waals surface area contributed by atoms with Crippen LogP contribution in [0.3, 0.4) is 0 Å². The number of rotatable bonds is 3. The van der Waals surface area contributed by atoms with Crippen molar-refractivity contribution in [1.29, 1.82) is 0 Å². The van der Waals surface area contributed by atoms with E-state index in [9.17, 15) is 15.2 Å². The minimum atomic E-state index is -0.444. The van der Waals surface area contributed by atoms with E-state index in [1.165, 1.54) is 18.3 Å². The third-order valence-electron chi connectivity index (χ3n) is 2.95. The molecule has 7 heteroatoms. The second-order valence-corrected chi connectivity index (χ2v) is 5.19. The molecule has 1 fully saturated rings. The Kier molecular flexibility index (Phi) is 3.68. The van der Waals surface area contributed by atoms with Crippen molar-refractivity contribution in [3.05, 3.63) is 28.4 Å². The van der Waals surface area contributed by atoms with Crippen molar-refractivity contribution in [2.75, 3.05) is 24.6 Å². The van der Waals surface area contributed by atoms with Crippen LogP contribution >= 0.6 is 0 Å². The van der Waals surface area contributed by atoms with Crippen LogP contribution in [0.2, 0.25) is 0 Å². The number of aliphatic hydroxyl groups excluding tert-OH is 1. The standard InChI is InChI=1S/C12H17N3O4/c1-12(2)8-14(6-10(7-16)19-12)11-5-9(15(17)18)3-4-13-11/h3-5,10,16H,6-8H2,1-2H3. The molecular weight excluding hydrogens is 250 g/mol. The number of nitro groups is 1. The van der Waals surface area contributed by atoms with Gasteiger partial charge in [0.25, 0.3) is 5.69 Å². The number of pyridine rings is 1. The highest BCUT2D eigenvalue weighted by Crippen LogP contribution is 2.26. The second-order valence-electron chi connectivity index (χ2n) is 5.19. The van der Waals surface area contributed by atoms with E-state index < -0.39 is 10.5 Å². The van der Waals surface area contributed by atoms with Crippen LogP contribution in [0.15, 0.2) is 18.3 Å². The highest BCUT2D eigenvalue weighted by atomic mass is 16.6. The van der Waals surface area contributed by atoms with Gasteiger partial charge in [-0.3, -0.25) is 10.1 Å². The van der Waals surface area contributed by atoms with Crippen molar-refractivity contribution in [2.45, 2.75) is 25.6 Å². The Balaban J connectivity index is 2.25. The summed E-state index contributed by atoms with van der Waals surface area (Å²) in [6.45, 7) is 4.78. The predicted octanol–water partition coefficient (Wildman–Crippen LogP) is 0.966. The molecule has 104 valence electrons. The van der Waals surface area contributed by atoms with Crippen LogP contribution < -0.4 is 4.90 Å². The SMILES string of the molecule is CC1(C)CN(c2cc([N+](=O)[O-])ccn2)CC(CO)O1. The fourth-order valence-electron chi connectivity index (χ4n) is 2.26. The van der Waals surface area contributed by atoms with Gasteiger partial charge < -0.3 is 14.7 Å². The second kappa shape index (κ2) is 5.10. The molecule has 0 aliphatic carbocycles. The van der Waals surface area contributed by atoms with Crippen LogP contribution in [0.25, 0.3) is 0 Å². The van der Waals surface area contributed by atoms with Gasteiger partial charge in [0.05, 0.1) is 29.3 Å². The maximum absolute atomic E-state index is 10.8. The summed E-state index contributed by atoms with van der Waals surface area (Å²) in [4.78, 5) is 16.4. The summed E-state index contributed by atoms with van der Waals surface area (Å²) in [6, 6.07) is 2.80. The van der Waals surface area contributed by atoms with E-state index in [4.69, 9.17) is 4.74 Å². The van der Waals surface area contributed by atoms with Crippen LogP contribution in [0, 0.1) is 10.1 Å². The molecule has 19 heavy (non-hydrogen) atoms. The molecule has 1 aromatic rings. The Morgan fingerprint density at radius 2 is 2.42 bits per heavy atom. The number of nitrogens with zero attached hydrogens (tertiary/aromatic N) is 3. The number of ether oxygens (including phenoxy) is 1. The number of hydrogen-bond acceptors (Lipinski definition) is 6. The van der Waals surface area contributed by atoms with Crippen LogP contribution in [0.5, 0.6) is 0 Å². The quantitative estimate of drug-likeness (QED) is 0.648. The van der Waals surface area contributed by atoms with Crippen LogP contribution in [0.4, 0.5) is 11.5 Å². The van der Waals surface area contributed by atoms with E-state index in [1.54, 1.807) is 0 Å². The number of aliphatic hydroxyl groups is 1. The fourth-order valence-corrected chi connectivity index (χ4v) is 2.26. The van der Waals surface area contributed by atoms with Gasteiger partial charge in [-0.25, -0.2) is 4.98 Å². The molecule has 2 heterocycles. The lowest BCUT2D eigenvalue weighted by molar-refractivity contribution is -0.384. The van der Waals surface area contributed by atoms with Gasteiger partial charge in [-0.05, 0) is 13.8 Å². The molecule has 1 aromatic heterocycles. The van der Waals surface area contributed by atoms with Gasteiger partial charge in [0, 0.05) is 25.4 Å². The molecule has 0 radical (unpaired) electrons. The first kappa shape index (κ1) is 13.7. The maximum atomic E-state index is 10.8. The van der Waals surface area contributed by atoms with Crippen molar-refractivity contribution < 1.29 is 14.8 Å². The Morgan fingerprint density at radius 3 is 3.05 bits per heavy atom. The average molecular weight is 267 g/mol. The Labute approximate surface area is 111 Å². The van der Waals surface area contributed by atoms with Crippen LogP contribution in [-0.4, -0.2) is 46.4 Å². The first-order valence-corrected chi connectivity index (χ1v) is 6.05. The number of aromatic nitrogens is 1. The van der Waals surface area contributed by atoms with Crippen molar-refractivity contribution in [3.8, 4) is 0 Å². The van der Waals surface area contributed by atoms with E-state index >= 15 is 0 Å². The minimum Gasteiger partial charge on any atom is -0.394 e. The molecule has 0 bridgehead atoms. The Bertz CT molecular complexity index is 478. The highest BCUT2D eigenvalue weighted by molar-refractivity contribution is 5.47.